The van der Waals surface area contributed by atoms with E-state index in [2.05, 4.69) is 205 Å². The van der Waals surface area contributed by atoms with Crippen LogP contribution in [0.3, 0.4) is 0 Å². The minimum absolute atomic E-state index is 0.963. The molecule has 0 amide bonds. The second-order valence-corrected chi connectivity index (χ2v) is 19.6. The molecule has 0 aliphatic heterocycles. The first kappa shape index (κ1) is 35.3. The highest BCUT2D eigenvalue weighted by atomic mass is 31.2. The van der Waals surface area contributed by atoms with Crippen molar-refractivity contribution < 1.29 is 0 Å². The topological polar surface area (TPSA) is 37.6 Å². The molecule has 1 aromatic heterocycles. The summed E-state index contributed by atoms with van der Waals surface area (Å²) in [4.78, 5) is 5.88. The Kier molecular flexibility index (Phi) is 10.1. The third-order valence-corrected chi connectivity index (χ3v) is 16.7. The predicted molar refractivity (Wildman–Crippen MR) is 227 cm³/mol. The van der Waals surface area contributed by atoms with Gasteiger partial charge >= 0.3 is 0 Å². The van der Waals surface area contributed by atoms with Crippen LogP contribution in [-0.4, -0.2) is 4.98 Å². The molecule has 7 rings (SSSR count). The van der Waals surface area contributed by atoms with Crippen LogP contribution in [-0.2, 0) is 0 Å². The fourth-order valence-corrected chi connectivity index (χ4v) is 14.6. The van der Waals surface area contributed by atoms with E-state index < -0.39 is 14.1 Å². The van der Waals surface area contributed by atoms with Crippen LogP contribution in [0.4, 0.5) is 11.4 Å². The van der Waals surface area contributed by atoms with Gasteiger partial charge in [-0.1, -0.05) is 163 Å². The van der Waals surface area contributed by atoms with Crippen molar-refractivity contribution in [2.45, 2.75) is 41.5 Å². The maximum atomic E-state index is 5.96. The zero-order valence-electron chi connectivity index (χ0n) is 30.8. The van der Waals surface area contributed by atoms with Crippen molar-refractivity contribution in [1.29, 1.82) is 0 Å². The van der Waals surface area contributed by atoms with E-state index in [1.807, 2.05) is 0 Å². The summed E-state index contributed by atoms with van der Waals surface area (Å²) in [7, 11) is -5.48. The molecule has 0 aliphatic carbocycles. The fourth-order valence-electron chi connectivity index (χ4n) is 7.47. The van der Waals surface area contributed by atoms with E-state index in [1.165, 1.54) is 33.4 Å². The number of aromatic nitrogens is 1. The van der Waals surface area contributed by atoms with Crippen molar-refractivity contribution in [3.05, 3.63) is 197 Å². The maximum Gasteiger partial charge on any atom is 0.0896 e. The molecular formula is C47H45N3P2. The molecule has 6 aromatic carbocycles. The van der Waals surface area contributed by atoms with Crippen molar-refractivity contribution in [2.75, 3.05) is 0 Å². The summed E-state index contributed by atoms with van der Waals surface area (Å²) in [6.07, 6.45) is 0. The summed E-state index contributed by atoms with van der Waals surface area (Å²) < 4.78 is 11.9. The number of hydrogen-bond donors (Lipinski definition) is 0. The highest BCUT2D eigenvalue weighted by Gasteiger charge is 2.34. The minimum atomic E-state index is -2.74. The third kappa shape index (κ3) is 6.56. The van der Waals surface area contributed by atoms with Gasteiger partial charge in [-0.05, 0) is 75.9 Å². The molecule has 52 heavy (non-hydrogen) atoms. The largest absolute Gasteiger partial charge is 0.252 e. The normalized spacial score (nSPS) is 11.7. The Labute approximate surface area is 309 Å². The van der Waals surface area contributed by atoms with Gasteiger partial charge in [-0.25, -0.2) is 4.98 Å². The monoisotopic (exact) mass is 713 g/mol. The van der Waals surface area contributed by atoms with Gasteiger partial charge < -0.3 is 0 Å². The Hall–Kier alpha value is -5.07. The van der Waals surface area contributed by atoms with Gasteiger partial charge in [-0.3, -0.25) is 9.49 Å². The molecule has 1 heterocycles. The van der Waals surface area contributed by atoms with Crippen LogP contribution >= 0.6 is 14.1 Å². The van der Waals surface area contributed by atoms with Gasteiger partial charge in [0.15, 0.2) is 0 Å². The van der Waals surface area contributed by atoms with Crippen molar-refractivity contribution in [2.24, 2.45) is 9.49 Å². The van der Waals surface area contributed by atoms with E-state index in [-0.39, 0.29) is 0 Å². The van der Waals surface area contributed by atoms with Crippen molar-refractivity contribution >= 4 is 57.6 Å². The number of benzene rings is 6. The second kappa shape index (κ2) is 14.9. The van der Waals surface area contributed by atoms with E-state index >= 15 is 0 Å². The van der Waals surface area contributed by atoms with Crippen molar-refractivity contribution in [3.63, 3.8) is 0 Å². The molecule has 0 unspecified atom stereocenters. The fraction of sp³-hybridized carbons (Fsp3) is 0.128. The van der Waals surface area contributed by atoms with E-state index in [9.17, 15) is 0 Å². The Balaban J connectivity index is 1.67. The lowest BCUT2D eigenvalue weighted by Gasteiger charge is -2.30. The highest BCUT2D eigenvalue weighted by molar-refractivity contribution is 7.88. The highest BCUT2D eigenvalue weighted by Crippen LogP contribution is 2.53. The quantitative estimate of drug-likeness (QED) is 0.145. The molecule has 3 nitrogen and oxygen atoms in total. The maximum absolute atomic E-state index is 5.96. The Bertz CT molecular complexity index is 2170. The van der Waals surface area contributed by atoms with Gasteiger partial charge in [-0.2, -0.15) is 0 Å². The van der Waals surface area contributed by atoms with E-state index in [0.717, 1.165) is 43.5 Å². The van der Waals surface area contributed by atoms with Crippen LogP contribution in [0.1, 0.15) is 33.4 Å². The molecule has 7 aromatic rings. The Morgan fingerprint density at radius 3 is 0.885 bits per heavy atom. The van der Waals surface area contributed by atoms with Gasteiger partial charge in [0.05, 0.1) is 36.4 Å². The average molecular weight is 714 g/mol. The molecular weight excluding hydrogens is 668 g/mol. The average Bonchev–Trinajstić information content (AvgIpc) is 3.16. The van der Waals surface area contributed by atoms with E-state index in [0.29, 0.717) is 0 Å². The Morgan fingerprint density at radius 1 is 0.346 bits per heavy atom. The first-order valence-corrected chi connectivity index (χ1v) is 21.3. The molecule has 0 aliphatic rings. The summed E-state index contributed by atoms with van der Waals surface area (Å²) in [5.41, 5.74) is 11.1. The molecule has 0 N–H and O–H groups in total. The smallest absolute Gasteiger partial charge is 0.0896 e. The van der Waals surface area contributed by atoms with Crippen LogP contribution in [0.25, 0.3) is 0 Å². The lowest BCUT2D eigenvalue weighted by atomic mass is 10.1. The van der Waals surface area contributed by atoms with Crippen LogP contribution in [0.2, 0.25) is 0 Å². The predicted octanol–water partition coefficient (Wildman–Crippen LogP) is 10.6. The van der Waals surface area contributed by atoms with Crippen molar-refractivity contribution in [1.82, 2.24) is 4.98 Å². The van der Waals surface area contributed by atoms with Crippen molar-refractivity contribution in [3.8, 4) is 0 Å². The molecule has 258 valence electrons. The van der Waals surface area contributed by atoms with E-state index in [1.54, 1.807) is 0 Å². The van der Waals surface area contributed by atoms with Crippen LogP contribution < -0.4 is 32.1 Å². The number of rotatable bonds is 8. The van der Waals surface area contributed by atoms with Gasteiger partial charge in [-0.15, -0.1) is 0 Å². The Morgan fingerprint density at radius 2 is 0.615 bits per heavy atom. The summed E-state index contributed by atoms with van der Waals surface area (Å²) in [5, 5.41) is 4.65. The number of nitrogens with zero attached hydrogens (tertiary/aromatic N) is 3. The summed E-state index contributed by atoms with van der Waals surface area (Å²) in [6.45, 7) is 13.0. The molecule has 0 fully saturated rings. The molecule has 0 radical (unpaired) electrons. The molecule has 0 atom stereocenters. The number of pyridine rings is 1. The lowest BCUT2D eigenvalue weighted by Crippen LogP contribution is -2.34. The minimum Gasteiger partial charge on any atom is -0.252 e. The van der Waals surface area contributed by atoms with E-state index in [4.69, 9.17) is 14.5 Å². The van der Waals surface area contributed by atoms with Crippen LogP contribution in [0, 0.1) is 41.5 Å². The zero-order chi connectivity index (χ0) is 36.3. The van der Waals surface area contributed by atoms with Gasteiger partial charge in [0.25, 0.3) is 0 Å². The standard InChI is InChI=1S/C47H45N3P2/c1-34-30-36(3)46(37(4)31-34)49-51(40-20-11-7-12-21-40,41-22-13-8-14-23-41)44-28-19-29-45(48-44)52(42-24-15-9-16-25-42,43-26-17-10-18-27-43)50-47-38(5)32-35(2)33-39(47)6/h7-33H,1-6H3. The van der Waals surface area contributed by atoms with Crippen LogP contribution in [0.15, 0.2) is 173 Å². The molecule has 5 heteroatoms. The summed E-state index contributed by atoms with van der Waals surface area (Å²) in [6, 6.07) is 58.8. The molecule has 0 saturated heterocycles. The van der Waals surface area contributed by atoms with Gasteiger partial charge in [0, 0.05) is 21.2 Å². The first-order valence-electron chi connectivity index (χ1n) is 17.8. The first-order chi connectivity index (χ1) is 25.2. The third-order valence-electron chi connectivity index (χ3n) is 9.67. The van der Waals surface area contributed by atoms with Crippen LogP contribution in [0.5, 0.6) is 0 Å². The lowest BCUT2D eigenvalue weighted by molar-refractivity contribution is 1.29. The van der Waals surface area contributed by atoms with Gasteiger partial charge in [0.1, 0.15) is 0 Å². The summed E-state index contributed by atoms with van der Waals surface area (Å²) in [5.74, 6) is 0. The van der Waals surface area contributed by atoms with Gasteiger partial charge in [0.2, 0.25) is 0 Å². The molecule has 0 saturated carbocycles. The second-order valence-electron chi connectivity index (χ2n) is 13.7. The zero-order valence-corrected chi connectivity index (χ0v) is 32.6. The molecule has 0 bridgehead atoms. The number of aryl methyl sites for hydroxylation is 6. The molecule has 0 spiro atoms. The number of hydrogen-bond acceptors (Lipinski definition) is 3. The summed E-state index contributed by atoms with van der Waals surface area (Å²) >= 11 is 0. The SMILES string of the molecule is Cc1cc(C)c(N=P(c2ccccc2)(c2ccccc2)c2cccc(P(=Nc3c(C)cc(C)cc3C)(c3ccccc3)c3ccccc3)n2)c(C)c1.